The molecule has 0 spiro atoms. The minimum atomic E-state index is -0.457. The van der Waals surface area contributed by atoms with Crippen LogP contribution in [0.15, 0.2) is 11.2 Å². The second-order valence-corrected chi connectivity index (χ2v) is 8.16. The molecule has 8 heteroatoms. The molecular formula is C16H27N5O2S. The average molecular weight is 353 g/mol. The van der Waals surface area contributed by atoms with Gasteiger partial charge in [-0.1, -0.05) is 0 Å². The van der Waals surface area contributed by atoms with Crippen LogP contribution in [0.3, 0.4) is 0 Å². The first-order valence-electron chi connectivity index (χ1n) is 8.13. The third-order valence-electron chi connectivity index (χ3n) is 3.40. The molecule has 2 heterocycles. The number of likely N-dealkylation sites (tertiary alicyclic amines) is 1. The molecule has 7 nitrogen and oxygen atoms in total. The van der Waals surface area contributed by atoms with Crippen molar-refractivity contribution in [2.75, 3.05) is 26.7 Å². The van der Waals surface area contributed by atoms with Gasteiger partial charge in [0.2, 0.25) is 0 Å². The lowest BCUT2D eigenvalue weighted by Gasteiger charge is -2.40. The van der Waals surface area contributed by atoms with Gasteiger partial charge in [-0.25, -0.2) is 9.78 Å². The van der Waals surface area contributed by atoms with Crippen molar-refractivity contribution in [3.8, 4) is 0 Å². The van der Waals surface area contributed by atoms with Gasteiger partial charge in [0.1, 0.15) is 5.60 Å². The van der Waals surface area contributed by atoms with E-state index in [1.807, 2.05) is 27.0 Å². The van der Waals surface area contributed by atoms with Crippen molar-refractivity contribution in [2.45, 2.75) is 45.8 Å². The molecule has 0 aliphatic carbocycles. The molecule has 1 aromatic heterocycles. The van der Waals surface area contributed by atoms with E-state index in [9.17, 15) is 4.79 Å². The number of aryl methyl sites for hydroxylation is 1. The van der Waals surface area contributed by atoms with Crippen LogP contribution in [-0.4, -0.2) is 60.3 Å². The molecule has 1 amide bonds. The van der Waals surface area contributed by atoms with Gasteiger partial charge in [0, 0.05) is 44.2 Å². The summed E-state index contributed by atoms with van der Waals surface area (Å²) in [5, 5.41) is 7.71. The zero-order valence-electron chi connectivity index (χ0n) is 15.0. The molecule has 1 saturated heterocycles. The summed E-state index contributed by atoms with van der Waals surface area (Å²) in [7, 11) is 1.74. The molecule has 0 aromatic carbocycles. The fraction of sp³-hybridized carbons (Fsp3) is 0.688. The number of carbonyl (C=O) groups is 1. The number of amides is 1. The lowest BCUT2D eigenvalue weighted by atomic mass is 10.1. The summed E-state index contributed by atoms with van der Waals surface area (Å²) < 4.78 is 5.34. The van der Waals surface area contributed by atoms with E-state index in [1.54, 1.807) is 23.3 Å². The lowest BCUT2D eigenvalue weighted by Crippen LogP contribution is -2.63. The van der Waals surface area contributed by atoms with Crippen molar-refractivity contribution in [2.24, 2.45) is 4.99 Å². The van der Waals surface area contributed by atoms with E-state index in [-0.39, 0.29) is 12.1 Å². The number of nitrogens with one attached hydrogen (secondary N) is 2. The number of hydrogen-bond acceptors (Lipinski definition) is 5. The van der Waals surface area contributed by atoms with Crippen molar-refractivity contribution < 1.29 is 9.53 Å². The Morgan fingerprint density at radius 1 is 1.50 bits per heavy atom. The molecule has 24 heavy (non-hydrogen) atoms. The van der Waals surface area contributed by atoms with Gasteiger partial charge >= 0.3 is 6.09 Å². The summed E-state index contributed by atoms with van der Waals surface area (Å²) in [6, 6.07) is 0.200. The maximum Gasteiger partial charge on any atom is 0.410 e. The number of rotatable bonds is 4. The van der Waals surface area contributed by atoms with Gasteiger partial charge in [-0.05, 0) is 27.7 Å². The van der Waals surface area contributed by atoms with Crippen molar-refractivity contribution >= 4 is 23.4 Å². The zero-order chi connectivity index (χ0) is 17.7. The van der Waals surface area contributed by atoms with Crippen molar-refractivity contribution in [3.05, 3.63) is 16.1 Å². The Kier molecular flexibility index (Phi) is 6.04. The van der Waals surface area contributed by atoms with Crippen LogP contribution in [0.4, 0.5) is 4.79 Å². The van der Waals surface area contributed by atoms with E-state index >= 15 is 0 Å². The largest absolute Gasteiger partial charge is 0.444 e. The van der Waals surface area contributed by atoms with Crippen molar-refractivity contribution in [1.29, 1.82) is 0 Å². The predicted octanol–water partition coefficient (Wildman–Crippen LogP) is 1.78. The minimum Gasteiger partial charge on any atom is -0.444 e. The number of hydrogen-bond donors (Lipinski definition) is 2. The third-order valence-corrected chi connectivity index (χ3v) is 4.37. The Bertz CT molecular complexity index is 588. The monoisotopic (exact) mass is 353 g/mol. The Hall–Kier alpha value is -1.83. The predicted molar refractivity (Wildman–Crippen MR) is 96.6 cm³/mol. The summed E-state index contributed by atoms with van der Waals surface area (Å²) in [6.45, 7) is 9.70. The molecule has 134 valence electrons. The van der Waals surface area contributed by atoms with Crippen LogP contribution in [0.1, 0.15) is 30.7 Å². The van der Waals surface area contributed by atoms with E-state index < -0.39 is 5.60 Å². The van der Waals surface area contributed by atoms with Crippen LogP contribution in [0.25, 0.3) is 0 Å². The van der Waals surface area contributed by atoms with E-state index in [0.717, 1.165) is 23.9 Å². The van der Waals surface area contributed by atoms with Crippen molar-refractivity contribution in [3.63, 3.8) is 0 Å². The summed E-state index contributed by atoms with van der Waals surface area (Å²) in [5.74, 6) is 0.747. The van der Waals surface area contributed by atoms with E-state index in [2.05, 4.69) is 27.5 Å². The van der Waals surface area contributed by atoms with Crippen molar-refractivity contribution in [1.82, 2.24) is 20.5 Å². The van der Waals surface area contributed by atoms with Gasteiger partial charge in [0.05, 0.1) is 11.0 Å². The normalized spacial score (nSPS) is 15.9. The van der Waals surface area contributed by atoms with Crippen LogP contribution in [0.2, 0.25) is 0 Å². The molecule has 1 fully saturated rings. The molecule has 0 radical (unpaired) electrons. The highest BCUT2D eigenvalue weighted by molar-refractivity contribution is 7.11. The van der Waals surface area contributed by atoms with Crippen LogP contribution in [0.5, 0.6) is 0 Å². The number of carbonyl (C=O) groups excluding carboxylic acids is 1. The molecule has 2 rings (SSSR count). The van der Waals surface area contributed by atoms with Crippen LogP contribution < -0.4 is 10.6 Å². The smallest absolute Gasteiger partial charge is 0.410 e. The number of nitrogens with zero attached hydrogens (tertiary/aromatic N) is 3. The number of aromatic nitrogens is 1. The third kappa shape index (κ3) is 5.67. The van der Waals surface area contributed by atoms with E-state index in [1.165, 1.54) is 4.88 Å². The summed E-state index contributed by atoms with van der Waals surface area (Å²) in [6.07, 6.45) is 2.50. The summed E-state index contributed by atoms with van der Waals surface area (Å²) in [4.78, 5) is 23.4. The SMILES string of the molecule is CN=C(NCCc1ncc(C)s1)NC1CN(C(=O)OC(C)(C)C)C1. The second-order valence-electron chi connectivity index (χ2n) is 6.84. The fourth-order valence-electron chi connectivity index (χ4n) is 2.24. The minimum absolute atomic E-state index is 0.200. The standard InChI is InChI=1S/C16H27N5O2S/c1-11-8-19-13(24-11)6-7-18-14(17-5)20-12-9-21(10-12)15(22)23-16(2,3)4/h8,12H,6-7,9-10H2,1-5H3,(H2,17,18,20). The van der Waals surface area contributed by atoms with Gasteiger partial charge in [-0.2, -0.15) is 0 Å². The molecule has 0 atom stereocenters. The number of thiazole rings is 1. The van der Waals surface area contributed by atoms with E-state index in [4.69, 9.17) is 4.74 Å². The Labute approximate surface area is 147 Å². The van der Waals surface area contributed by atoms with E-state index in [0.29, 0.717) is 13.1 Å². The van der Waals surface area contributed by atoms with Gasteiger partial charge in [0.25, 0.3) is 0 Å². The number of ether oxygens (including phenoxy) is 1. The molecule has 1 aliphatic rings. The molecule has 0 unspecified atom stereocenters. The van der Waals surface area contributed by atoms with Gasteiger partial charge in [0.15, 0.2) is 5.96 Å². The maximum absolute atomic E-state index is 11.9. The summed E-state index contributed by atoms with van der Waals surface area (Å²) in [5.41, 5.74) is -0.457. The summed E-state index contributed by atoms with van der Waals surface area (Å²) >= 11 is 1.72. The Morgan fingerprint density at radius 3 is 2.75 bits per heavy atom. The number of guanidine groups is 1. The molecule has 2 N–H and O–H groups in total. The average Bonchev–Trinajstić information content (AvgIpc) is 2.83. The highest BCUT2D eigenvalue weighted by atomic mass is 32.1. The first-order valence-corrected chi connectivity index (χ1v) is 8.95. The van der Waals surface area contributed by atoms with Gasteiger partial charge in [-0.3, -0.25) is 4.99 Å². The maximum atomic E-state index is 11.9. The molecule has 0 bridgehead atoms. The highest BCUT2D eigenvalue weighted by Crippen LogP contribution is 2.15. The first-order chi connectivity index (χ1) is 11.3. The topological polar surface area (TPSA) is 78.9 Å². The van der Waals surface area contributed by atoms with Crippen LogP contribution >= 0.6 is 11.3 Å². The number of aliphatic imine (C=N–C) groups is 1. The fourth-order valence-corrected chi connectivity index (χ4v) is 3.02. The molecular weight excluding hydrogens is 326 g/mol. The van der Waals surface area contributed by atoms with Crippen LogP contribution in [-0.2, 0) is 11.2 Å². The molecule has 0 saturated carbocycles. The molecule has 1 aromatic rings. The van der Waals surface area contributed by atoms with Gasteiger partial charge in [-0.15, -0.1) is 11.3 Å². The Balaban J connectivity index is 1.67. The zero-order valence-corrected chi connectivity index (χ0v) is 15.9. The lowest BCUT2D eigenvalue weighted by molar-refractivity contribution is 0.00701. The van der Waals surface area contributed by atoms with Gasteiger partial charge < -0.3 is 20.3 Å². The second kappa shape index (κ2) is 7.83. The quantitative estimate of drug-likeness (QED) is 0.637. The highest BCUT2D eigenvalue weighted by Gasteiger charge is 2.34. The first kappa shape index (κ1) is 18.5. The Morgan fingerprint density at radius 2 is 2.21 bits per heavy atom. The molecule has 1 aliphatic heterocycles. The van der Waals surface area contributed by atoms with Crippen LogP contribution in [0, 0.1) is 6.92 Å².